The van der Waals surface area contributed by atoms with Gasteiger partial charge in [-0.1, -0.05) is 19.8 Å². The molecule has 1 aliphatic carbocycles. The fourth-order valence-electron chi connectivity index (χ4n) is 2.02. The zero-order valence-electron chi connectivity index (χ0n) is 9.45. The van der Waals surface area contributed by atoms with Gasteiger partial charge in [0.05, 0.1) is 5.75 Å². The fraction of sp³-hybridized carbons (Fsp3) is 1.00. The summed E-state index contributed by atoms with van der Waals surface area (Å²) in [6.07, 6.45) is 4.31. The van der Waals surface area contributed by atoms with Crippen molar-refractivity contribution in [3.63, 3.8) is 0 Å². The van der Waals surface area contributed by atoms with Crippen molar-refractivity contribution in [2.24, 2.45) is 5.92 Å². The van der Waals surface area contributed by atoms with Gasteiger partial charge in [0.2, 0.25) is 10.0 Å². The first-order valence-corrected chi connectivity index (χ1v) is 7.63. The maximum Gasteiger partial charge on any atom is 0.214 e. The topological polar surface area (TPSA) is 37.4 Å². The van der Waals surface area contributed by atoms with Gasteiger partial charge in [0, 0.05) is 19.0 Å². The predicted molar refractivity (Wildman–Crippen MR) is 63.7 cm³/mol. The molecule has 1 fully saturated rings. The molecule has 0 radical (unpaired) electrons. The average Bonchev–Trinajstić information content (AvgIpc) is 2.68. The first kappa shape index (κ1) is 13.3. The van der Waals surface area contributed by atoms with Crippen LogP contribution in [0.4, 0.5) is 0 Å². The van der Waals surface area contributed by atoms with Crippen molar-refractivity contribution in [1.82, 2.24) is 4.31 Å². The second kappa shape index (κ2) is 5.51. The van der Waals surface area contributed by atoms with Gasteiger partial charge >= 0.3 is 0 Å². The maximum absolute atomic E-state index is 12.0. The Hall–Kier alpha value is 0.200. The van der Waals surface area contributed by atoms with Crippen LogP contribution < -0.4 is 0 Å². The molecule has 0 saturated heterocycles. The number of hydrogen-bond acceptors (Lipinski definition) is 2. The molecule has 5 heteroatoms. The second-order valence-corrected chi connectivity index (χ2v) is 6.87. The Labute approximate surface area is 97.8 Å². The lowest BCUT2D eigenvalue weighted by Crippen LogP contribution is -2.38. The Morgan fingerprint density at radius 3 is 2.40 bits per heavy atom. The standard InChI is InChI=1S/C10H20ClNO2S/c1-9(7-11)8-15(13,14)12(2)10-5-3-4-6-10/h9-10H,3-8H2,1-2H3. The zero-order chi connectivity index (χ0) is 11.5. The molecule has 0 aromatic heterocycles. The monoisotopic (exact) mass is 253 g/mol. The van der Waals surface area contributed by atoms with Gasteiger partial charge < -0.3 is 0 Å². The van der Waals surface area contributed by atoms with Gasteiger partial charge in [-0.2, -0.15) is 0 Å². The van der Waals surface area contributed by atoms with Crippen LogP contribution in [0.25, 0.3) is 0 Å². The van der Waals surface area contributed by atoms with Crippen LogP contribution >= 0.6 is 11.6 Å². The van der Waals surface area contributed by atoms with E-state index < -0.39 is 10.0 Å². The number of halogens is 1. The third-order valence-corrected chi connectivity index (χ3v) is 5.73. The Kier molecular flexibility index (Phi) is 4.87. The van der Waals surface area contributed by atoms with E-state index >= 15 is 0 Å². The van der Waals surface area contributed by atoms with Crippen molar-refractivity contribution >= 4 is 21.6 Å². The molecule has 0 bridgehead atoms. The van der Waals surface area contributed by atoms with Gasteiger partial charge in [-0.25, -0.2) is 12.7 Å². The highest BCUT2D eigenvalue weighted by Gasteiger charge is 2.29. The number of alkyl halides is 1. The summed E-state index contributed by atoms with van der Waals surface area (Å²) < 4.78 is 25.5. The minimum atomic E-state index is -3.11. The van der Waals surface area contributed by atoms with Crippen LogP contribution in [0.5, 0.6) is 0 Å². The van der Waals surface area contributed by atoms with Crippen LogP contribution in [0, 0.1) is 5.92 Å². The van der Waals surface area contributed by atoms with Gasteiger partial charge in [-0.15, -0.1) is 11.6 Å². The summed E-state index contributed by atoms with van der Waals surface area (Å²) in [5.74, 6) is 0.599. The minimum absolute atomic E-state index is 0.0283. The summed E-state index contributed by atoms with van der Waals surface area (Å²) in [5.41, 5.74) is 0. The van der Waals surface area contributed by atoms with Gasteiger partial charge in [-0.3, -0.25) is 0 Å². The van der Waals surface area contributed by atoms with E-state index in [4.69, 9.17) is 11.6 Å². The van der Waals surface area contributed by atoms with E-state index in [1.54, 1.807) is 11.4 Å². The third kappa shape index (κ3) is 3.61. The van der Waals surface area contributed by atoms with E-state index in [1.807, 2.05) is 6.92 Å². The number of nitrogens with zero attached hydrogens (tertiary/aromatic N) is 1. The van der Waals surface area contributed by atoms with Gasteiger partial charge in [-0.05, 0) is 18.8 Å². The Morgan fingerprint density at radius 2 is 1.93 bits per heavy atom. The molecule has 0 aliphatic heterocycles. The minimum Gasteiger partial charge on any atom is -0.212 e. The van der Waals surface area contributed by atoms with Crippen LogP contribution in [0.1, 0.15) is 32.6 Å². The van der Waals surface area contributed by atoms with E-state index in [1.165, 1.54) is 0 Å². The van der Waals surface area contributed by atoms with Crippen LogP contribution in [-0.4, -0.2) is 37.4 Å². The van der Waals surface area contributed by atoms with Crippen molar-refractivity contribution in [3.05, 3.63) is 0 Å². The molecule has 90 valence electrons. The third-order valence-electron chi connectivity index (χ3n) is 3.04. The normalized spacial score (nSPS) is 21.1. The summed E-state index contributed by atoms with van der Waals surface area (Å²) in [7, 11) is -1.41. The van der Waals surface area contributed by atoms with E-state index in [2.05, 4.69) is 0 Å². The summed E-state index contributed by atoms with van der Waals surface area (Å²) >= 11 is 5.64. The molecule has 3 nitrogen and oxygen atoms in total. The maximum atomic E-state index is 12.0. The molecule has 0 amide bonds. The van der Waals surface area contributed by atoms with Crippen molar-refractivity contribution in [3.8, 4) is 0 Å². The fourth-order valence-corrected chi connectivity index (χ4v) is 3.99. The van der Waals surface area contributed by atoms with E-state index in [0.29, 0.717) is 5.88 Å². The average molecular weight is 254 g/mol. The Morgan fingerprint density at radius 1 is 1.40 bits per heavy atom. The summed E-state index contributed by atoms with van der Waals surface area (Å²) in [6, 6.07) is 0.220. The van der Waals surface area contributed by atoms with Gasteiger partial charge in [0.1, 0.15) is 0 Å². The highest BCUT2D eigenvalue weighted by Crippen LogP contribution is 2.25. The second-order valence-electron chi connectivity index (χ2n) is 4.49. The van der Waals surface area contributed by atoms with Crippen LogP contribution in [0.15, 0.2) is 0 Å². The Bertz CT molecular complexity index is 286. The van der Waals surface area contributed by atoms with Gasteiger partial charge in [0.15, 0.2) is 0 Å². The molecule has 1 rings (SSSR count). The predicted octanol–water partition coefficient (Wildman–Crippen LogP) is 2.07. The lowest BCUT2D eigenvalue weighted by atomic mass is 10.3. The molecule has 15 heavy (non-hydrogen) atoms. The summed E-state index contributed by atoms with van der Waals surface area (Å²) in [6.45, 7) is 1.87. The van der Waals surface area contributed by atoms with Crippen molar-refractivity contribution in [2.75, 3.05) is 18.7 Å². The molecule has 0 spiro atoms. The SMILES string of the molecule is CC(CCl)CS(=O)(=O)N(C)C1CCCC1. The first-order valence-electron chi connectivity index (χ1n) is 5.49. The highest BCUT2D eigenvalue weighted by molar-refractivity contribution is 7.89. The molecular weight excluding hydrogens is 234 g/mol. The number of rotatable bonds is 5. The molecule has 1 unspecified atom stereocenters. The van der Waals surface area contributed by atoms with E-state index in [0.717, 1.165) is 25.7 Å². The molecule has 0 N–H and O–H groups in total. The van der Waals surface area contributed by atoms with Crippen molar-refractivity contribution in [2.45, 2.75) is 38.6 Å². The van der Waals surface area contributed by atoms with Gasteiger partial charge in [0.25, 0.3) is 0 Å². The largest absolute Gasteiger partial charge is 0.214 e. The lowest BCUT2D eigenvalue weighted by molar-refractivity contribution is 0.370. The zero-order valence-corrected chi connectivity index (χ0v) is 11.0. The molecule has 0 aromatic rings. The highest BCUT2D eigenvalue weighted by atomic mass is 35.5. The van der Waals surface area contributed by atoms with Crippen LogP contribution in [0.2, 0.25) is 0 Å². The molecule has 1 saturated carbocycles. The van der Waals surface area contributed by atoms with Crippen LogP contribution in [-0.2, 0) is 10.0 Å². The molecule has 1 atom stereocenters. The molecule has 0 aromatic carbocycles. The number of sulfonamides is 1. The molecule has 0 heterocycles. The lowest BCUT2D eigenvalue weighted by Gasteiger charge is -2.24. The van der Waals surface area contributed by atoms with Crippen LogP contribution in [0.3, 0.4) is 0 Å². The molecule has 1 aliphatic rings. The smallest absolute Gasteiger partial charge is 0.212 e. The van der Waals surface area contributed by atoms with E-state index in [9.17, 15) is 8.42 Å². The quantitative estimate of drug-likeness (QED) is 0.704. The number of hydrogen-bond donors (Lipinski definition) is 0. The Balaban J connectivity index is 2.59. The van der Waals surface area contributed by atoms with Crippen molar-refractivity contribution in [1.29, 1.82) is 0 Å². The summed E-state index contributed by atoms with van der Waals surface area (Å²) in [4.78, 5) is 0. The van der Waals surface area contributed by atoms with Crippen molar-refractivity contribution < 1.29 is 8.42 Å². The summed E-state index contributed by atoms with van der Waals surface area (Å²) in [5, 5.41) is 0. The van der Waals surface area contributed by atoms with E-state index in [-0.39, 0.29) is 17.7 Å². The molecular formula is C10H20ClNO2S. The first-order chi connectivity index (χ1) is 6.97.